The summed E-state index contributed by atoms with van der Waals surface area (Å²) in [5.41, 5.74) is -0.587. The summed E-state index contributed by atoms with van der Waals surface area (Å²) in [6, 6.07) is 3.90. The lowest BCUT2D eigenvalue weighted by molar-refractivity contribution is -0.143. The Morgan fingerprint density at radius 2 is 1.77 bits per heavy atom. The van der Waals surface area contributed by atoms with Crippen LogP contribution in [-0.2, 0) is 6.18 Å². The number of fused-ring (bicyclic) bond motifs is 2. The zero-order valence-electron chi connectivity index (χ0n) is 6.14. The number of alkyl halides is 3. The van der Waals surface area contributed by atoms with E-state index in [1.807, 2.05) is 0 Å². The molecule has 3 rings (SSSR count). The van der Waals surface area contributed by atoms with Gasteiger partial charge >= 0.3 is 6.18 Å². The second-order valence-corrected chi connectivity index (χ2v) is 2.56. The molecular weight excluding hydrogens is 183 g/mol. The second-order valence-electron chi connectivity index (χ2n) is 2.56. The van der Waals surface area contributed by atoms with E-state index in [-0.39, 0.29) is 17.1 Å². The maximum Gasteiger partial charge on any atom is 0.423 e. The van der Waals surface area contributed by atoms with E-state index < -0.39 is 11.7 Å². The standard InChI is InChI=1S/C8H2F3NO/c9-8(10,11)7-5-1-4(3-12)2-6(7)13-5/h1-2H. The largest absolute Gasteiger partial charge is 0.456 e. The van der Waals surface area contributed by atoms with Crippen molar-refractivity contribution in [2.24, 2.45) is 0 Å². The molecule has 2 heterocycles. The summed E-state index contributed by atoms with van der Waals surface area (Å²) in [4.78, 5) is 0. The van der Waals surface area contributed by atoms with Crippen LogP contribution in [0.1, 0.15) is 11.1 Å². The fraction of sp³-hybridized carbons (Fsp3) is 0.125. The fourth-order valence-corrected chi connectivity index (χ4v) is 1.17. The third-order valence-electron chi connectivity index (χ3n) is 1.70. The molecule has 13 heavy (non-hydrogen) atoms. The molecule has 0 saturated heterocycles. The first-order valence-corrected chi connectivity index (χ1v) is 3.35. The van der Waals surface area contributed by atoms with E-state index >= 15 is 0 Å². The van der Waals surface area contributed by atoms with Crippen molar-refractivity contribution in [1.29, 1.82) is 5.26 Å². The normalized spacial score (nSPS) is 12.8. The molecule has 0 fully saturated rings. The minimum atomic E-state index is -4.39. The van der Waals surface area contributed by atoms with Crippen molar-refractivity contribution in [3.05, 3.63) is 23.3 Å². The molecule has 2 aliphatic rings. The molecule has 66 valence electrons. The first-order valence-electron chi connectivity index (χ1n) is 3.35. The van der Waals surface area contributed by atoms with Crippen LogP contribution in [0, 0.1) is 11.3 Å². The Bertz CT molecular complexity index is 393. The molecule has 2 bridgehead atoms. The van der Waals surface area contributed by atoms with Gasteiger partial charge in [-0.25, -0.2) is 0 Å². The van der Waals surface area contributed by atoms with Gasteiger partial charge in [-0.2, -0.15) is 18.4 Å². The lowest BCUT2D eigenvalue weighted by Gasteiger charge is -2.25. The Labute approximate surface area is 71.2 Å². The van der Waals surface area contributed by atoms with Gasteiger partial charge in [0.1, 0.15) is 17.1 Å². The van der Waals surface area contributed by atoms with Crippen molar-refractivity contribution in [1.82, 2.24) is 0 Å². The van der Waals surface area contributed by atoms with Crippen LogP contribution in [-0.4, -0.2) is 0 Å². The van der Waals surface area contributed by atoms with Gasteiger partial charge in [-0.1, -0.05) is 0 Å². The van der Waals surface area contributed by atoms with Crippen molar-refractivity contribution >= 4 is 0 Å². The minimum Gasteiger partial charge on any atom is -0.456 e. The van der Waals surface area contributed by atoms with Crippen LogP contribution in [0.15, 0.2) is 12.1 Å². The van der Waals surface area contributed by atoms with Crippen LogP contribution >= 0.6 is 0 Å². The highest BCUT2D eigenvalue weighted by Crippen LogP contribution is 2.51. The van der Waals surface area contributed by atoms with E-state index in [1.165, 1.54) is 0 Å². The topological polar surface area (TPSA) is 33.0 Å². The summed E-state index contributed by atoms with van der Waals surface area (Å²) >= 11 is 0. The zero-order valence-corrected chi connectivity index (χ0v) is 6.14. The van der Waals surface area contributed by atoms with Crippen molar-refractivity contribution in [3.8, 4) is 17.6 Å². The number of benzene rings is 1. The van der Waals surface area contributed by atoms with Crippen LogP contribution in [0.4, 0.5) is 13.2 Å². The first kappa shape index (κ1) is 7.92. The summed E-state index contributed by atoms with van der Waals surface area (Å²) in [5.74, 6) is -0.525. The molecule has 2 nitrogen and oxygen atoms in total. The van der Waals surface area contributed by atoms with Crippen molar-refractivity contribution < 1.29 is 17.9 Å². The van der Waals surface area contributed by atoms with Gasteiger partial charge in [-0.3, -0.25) is 0 Å². The van der Waals surface area contributed by atoms with Crippen LogP contribution in [0.5, 0.6) is 11.5 Å². The minimum absolute atomic E-state index is 0.184. The lowest BCUT2D eigenvalue weighted by atomic mass is 10.0. The maximum atomic E-state index is 12.2. The van der Waals surface area contributed by atoms with Crippen molar-refractivity contribution in [2.75, 3.05) is 0 Å². The fourth-order valence-electron chi connectivity index (χ4n) is 1.17. The number of hydrogen-bond acceptors (Lipinski definition) is 2. The smallest absolute Gasteiger partial charge is 0.423 e. The second kappa shape index (κ2) is 2.16. The quantitative estimate of drug-likeness (QED) is 0.632. The molecule has 0 saturated carbocycles. The predicted octanol–water partition coefficient (Wildman–Crippen LogP) is 2.68. The molecule has 2 aliphatic heterocycles. The van der Waals surface area contributed by atoms with Crippen molar-refractivity contribution in [3.63, 3.8) is 0 Å². The van der Waals surface area contributed by atoms with E-state index in [9.17, 15) is 13.2 Å². The third-order valence-corrected chi connectivity index (χ3v) is 1.70. The number of nitrogens with zero attached hydrogens (tertiary/aromatic N) is 1. The Morgan fingerprint density at radius 1 is 1.23 bits per heavy atom. The molecule has 0 amide bonds. The monoisotopic (exact) mass is 185 g/mol. The highest BCUT2D eigenvalue weighted by Gasteiger charge is 2.43. The molecule has 0 unspecified atom stereocenters. The van der Waals surface area contributed by atoms with Crippen LogP contribution in [0.2, 0.25) is 0 Å². The van der Waals surface area contributed by atoms with E-state index in [2.05, 4.69) is 4.74 Å². The average molecular weight is 185 g/mol. The average Bonchev–Trinajstić information content (AvgIpc) is 2.01. The predicted molar refractivity (Wildman–Crippen MR) is 36.2 cm³/mol. The Hall–Kier alpha value is -1.70. The highest BCUT2D eigenvalue weighted by atomic mass is 19.4. The lowest BCUT2D eigenvalue weighted by Crippen LogP contribution is -2.16. The van der Waals surface area contributed by atoms with Gasteiger partial charge in [0, 0.05) is 0 Å². The van der Waals surface area contributed by atoms with Crippen LogP contribution < -0.4 is 4.74 Å². The summed E-state index contributed by atoms with van der Waals surface area (Å²) in [7, 11) is 0. The number of hydrogen-bond donors (Lipinski definition) is 0. The number of halogens is 3. The molecule has 0 spiro atoms. The zero-order chi connectivity index (χ0) is 9.64. The summed E-state index contributed by atoms with van der Waals surface area (Å²) < 4.78 is 41.1. The SMILES string of the molecule is N#Cc1cc2c(C(F)(F)F)c(c1)O2. The molecule has 1 aromatic carbocycles. The van der Waals surface area contributed by atoms with E-state index in [1.54, 1.807) is 6.07 Å². The van der Waals surface area contributed by atoms with Gasteiger partial charge < -0.3 is 4.74 Å². The van der Waals surface area contributed by atoms with Gasteiger partial charge in [0.25, 0.3) is 0 Å². The molecule has 0 radical (unpaired) electrons. The molecule has 5 heteroatoms. The summed E-state index contributed by atoms with van der Waals surface area (Å²) in [6.45, 7) is 0. The highest BCUT2D eigenvalue weighted by molar-refractivity contribution is 5.61. The van der Waals surface area contributed by atoms with Crippen molar-refractivity contribution in [2.45, 2.75) is 6.18 Å². The van der Waals surface area contributed by atoms with E-state index in [4.69, 9.17) is 5.26 Å². The Kier molecular flexibility index (Phi) is 1.32. The Balaban J connectivity index is 2.53. The van der Waals surface area contributed by atoms with Gasteiger partial charge in [0.15, 0.2) is 0 Å². The van der Waals surface area contributed by atoms with Crippen LogP contribution in [0.3, 0.4) is 0 Å². The molecule has 0 aliphatic carbocycles. The van der Waals surface area contributed by atoms with Crippen LogP contribution in [0.25, 0.3) is 0 Å². The third kappa shape index (κ3) is 1.03. The van der Waals surface area contributed by atoms with E-state index in [0.29, 0.717) is 0 Å². The summed E-state index contributed by atoms with van der Waals surface area (Å²) in [5, 5.41) is 8.40. The molecule has 0 aromatic heterocycles. The maximum absolute atomic E-state index is 12.2. The van der Waals surface area contributed by atoms with Gasteiger partial charge in [-0.05, 0) is 12.1 Å². The molecule has 1 aromatic rings. The number of rotatable bonds is 0. The molecule has 0 atom stereocenters. The Morgan fingerprint density at radius 3 is 2.15 bits per heavy atom. The van der Waals surface area contributed by atoms with Gasteiger partial charge in [-0.15, -0.1) is 0 Å². The molecular formula is C8H2F3NO. The number of ether oxygens (including phenoxy) is 1. The van der Waals surface area contributed by atoms with Gasteiger partial charge in [0.05, 0.1) is 11.6 Å². The number of nitriles is 1. The first-order chi connectivity index (χ1) is 6.02. The van der Waals surface area contributed by atoms with E-state index in [0.717, 1.165) is 12.1 Å². The van der Waals surface area contributed by atoms with Gasteiger partial charge in [0.2, 0.25) is 0 Å². The molecule has 0 N–H and O–H groups in total. The summed E-state index contributed by atoms with van der Waals surface area (Å²) in [6.07, 6.45) is -4.39.